The van der Waals surface area contributed by atoms with Gasteiger partial charge in [-0.25, -0.2) is 4.98 Å². The summed E-state index contributed by atoms with van der Waals surface area (Å²) in [7, 11) is 1.73. The van der Waals surface area contributed by atoms with Crippen LogP contribution < -0.4 is 25.4 Å². The minimum Gasteiger partial charge on any atom is -0.491 e. The quantitative estimate of drug-likeness (QED) is 0.0602. The molecule has 0 spiro atoms. The standard InChI is InChI=1S/C54H63N7O7/c1-35(55-2)52(62)60-51(37-10-4-3-5-11-37)54(64)61-34-41-29-42(18-15-39(41)31-49(61)53(63)59-46-14-8-12-36-9-6-7-13-43(36)46)67-27-25-65-23-24-66-26-28-68-50-20-17-40(32-57-50)38-16-19-44-45-33-56-22-21-47(45)58-48(44)30-38/h6-7,9,13,15-22,29-30,32-33,35,37,46,49,51,55,58H,3-5,8,10-12,14,23-28,31,34H2,1-2H3,(H,59,63)(H,60,62)/t35-,46-,49-,51-/m0/s1. The number of ether oxygens (including phenoxy) is 4. The van der Waals surface area contributed by atoms with Crippen molar-refractivity contribution in [2.24, 2.45) is 5.92 Å². The fraction of sp³-hybridized carbons (Fsp3) is 0.426. The molecular formula is C54H63N7O7. The van der Waals surface area contributed by atoms with Gasteiger partial charge in [-0.2, -0.15) is 0 Å². The molecule has 0 saturated heterocycles. The van der Waals surface area contributed by atoms with Crippen molar-refractivity contribution in [3.63, 3.8) is 0 Å². The van der Waals surface area contributed by atoms with Gasteiger partial charge in [-0.15, -0.1) is 0 Å². The predicted octanol–water partition coefficient (Wildman–Crippen LogP) is 7.39. The summed E-state index contributed by atoms with van der Waals surface area (Å²) in [5, 5.41) is 11.7. The largest absolute Gasteiger partial charge is 0.491 e. The molecule has 1 fully saturated rings. The van der Waals surface area contributed by atoms with Gasteiger partial charge in [-0.3, -0.25) is 19.4 Å². The molecule has 0 unspecified atom stereocenters. The van der Waals surface area contributed by atoms with E-state index in [1.807, 2.05) is 60.9 Å². The molecular weight excluding hydrogens is 859 g/mol. The van der Waals surface area contributed by atoms with E-state index in [0.717, 1.165) is 101 Å². The first-order valence-electron chi connectivity index (χ1n) is 24.3. The van der Waals surface area contributed by atoms with Crippen LogP contribution >= 0.6 is 0 Å². The predicted molar refractivity (Wildman–Crippen MR) is 261 cm³/mol. The topological polar surface area (TPSA) is 169 Å². The monoisotopic (exact) mass is 921 g/mol. The Morgan fingerprint density at radius 3 is 2.37 bits per heavy atom. The molecule has 1 aliphatic heterocycles. The van der Waals surface area contributed by atoms with Gasteiger partial charge in [0.25, 0.3) is 0 Å². The zero-order chi connectivity index (χ0) is 46.8. The summed E-state index contributed by atoms with van der Waals surface area (Å²) in [5.74, 6) is 0.573. The molecule has 14 nitrogen and oxygen atoms in total. The van der Waals surface area contributed by atoms with Crippen molar-refractivity contribution < 1.29 is 33.3 Å². The summed E-state index contributed by atoms with van der Waals surface area (Å²) < 4.78 is 23.5. The van der Waals surface area contributed by atoms with Crippen molar-refractivity contribution in [2.75, 3.05) is 46.7 Å². The van der Waals surface area contributed by atoms with Crippen LogP contribution in [0.15, 0.2) is 97.5 Å². The molecule has 4 heterocycles. The van der Waals surface area contributed by atoms with Crippen LogP contribution in [-0.4, -0.2) is 102 Å². The molecule has 3 amide bonds. The Bertz CT molecular complexity index is 2680. The van der Waals surface area contributed by atoms with Crippen molar-refractivity contribution in [1.29, 1.82) is 0 Å². The molecule has 14 heteroatoms. The third kappa shape index (κ3) is 11.0. The van der Waals surface area contributed by atoms with Crippen LogP contribution in [0.5, 0.6) is 11.6 Å². The molecule has 3 aromatic carbocycles. The van der Waals surface area contributed by atoms with Gasteiger partial charge in [-0.1, -0.05) is 61.7 Å². The van der Waals surface area contributed by atoms with E-state index in [1.165, 1.54) is 5.56 Å². The van der Waals surface area contributed by atoms with Gasteiger partial charge >= 0.3 is 0 Å². The van der Waals surface area contributed by atoms with Crippen molar-refractivity contribution in [3.8, 4) is 22.8 Å². The van der Waals surface area contributed by atoms with Crippen molar-refractivity contribution in [3.05, 3.63) is 120 Å². The fourth-order valence-electron chi connectivity index (χ4n) is 10.0. The number of carbonyl (C=O) groups is 3. The average Bonchev–Trinajstić information content (AvgIpc) is 3.76. The number of nitrogens with one attached hydrogen (secondary N) is 4. The van der Waals surface area contributed by atoms with Gasteiger partial charge in [0.15, 0.2) is 0 Å². The first-order chi connectivity index (χ1) is 33.3. The second kappa shape index (κ2) is 22.2. The number of H-pyrrole nitrogens is 1. The Balaban J connectivity index is 0.756. The molecule has 356 valence electrons. The van der Waals surface area contributed by atoms with Gasteiger partial charge in [0.05, 0.1) is 38.5 Å². The van der Waals surface area contributed by atoms with Gasteiger partial charge in [0.1, 0.15) is 31.0 Å². The molecule has 1 saturated carbocycles. The summed E-state index contributed by atoms with van der Waals surface area (Å²) in [6, 6.07) is 24.3. The van der Waals surface area contributed by atoms with Gasteiger partial charge < -0.3 is 44.8 Å². The highest BCUT2D eigenvalue weighted by molar-refractivity contribution is 6.07. The summed E-state index contributed by atoms with van der Waals surface area (Å²) in [4.78, 5) is 56.6. The summed E-state index contributed by atoms with van der Waals surface area (Å²) in [5.41, 5.74) is 8.49. The highest BCUT2D eigenvalue weighted by Gasteiger charge is 2.42. The molecule has 0 radical (unpaired) electrons. The van der Waals surface area contributed by atoms with E-state index >= 15 is 0 Å². The molecule has 3 aliphatic rings. The van der Waals surface area contributed by atoms with Crippen molar-refractivity contribution >= 4 is 39.5 Å². The lowest BCUT2D eigenvalue weighted by molar-refractivity contribution is -0.146. The van der Waals surface area contributed by atoms with Crippen LogP contribution in [0, 0.1) is 5.92 Å². The van der Waals surface area contributed by atoms with Crippen molar-refractivity contribution in [1.82, 2.24) is 35.8 Å². The molecule has 3 aromatic heterocycles. The second-order valence-corrected chi connectivity index (χ2v) is 18.3. The number of aromatic nitrogens is 3. The third-order valence-electron chi connectivity index (χ3n) is 13.9. The Morgan fingerprint density at radius 1 is 0.765 bits per heavy atom. The maximum Gasteiger partial charge on any atom is 0.246 e. The number of pyridine rings is 2. The van der Waals surface area contributed by atoms with E-state index in [0.29, 0.717) is 57.7 Å². The Labute approximate surface area is 397 Å². The number of hydrogen-bond donors (Lipinski definition) is 4. The Hall–Kier alpha value is -6.35. The van der Waals surface area contributed by atoms with Crippen LogP contribution in [0.1, 0.15) is 80.2 Å². The lowest BCUT2D eigenvalue weighted by Gasteiger charge is -2.41. The smallest absolute Gasteiger partial charge is 0.246 e. The highest BCUT2D eigenvalue weighted by atomic mass is 16.6. The molecule has 6 aromatic rings. The summed E-state index contributed by atoms with van der Waals surface area (Å²) in [6.07, 6.45) is 13.5. The first kappa shape index (κ1) is 46.7. The van der Waals surface area contributed by atoms with Crippen LogP contribution in [-0.2, 0) is 43.2 Å². The van der Waals surface area contributed by atoms with Gasteiger partial charge in [-0.05, 0) is 110 Å². The number of nitrogens with zero attached hydrogens (tertiary/aromatic N) is 3. The number of carbonyl (C=O) groups excluding carboxylic acids is 3. The number of benzene rings is 3. The lowest BCUT2D eigenvalue weighted by atomic mass is 9.82. The zero-order valence-electron chi connectivity index (χ0n) is 39.1. The Kier molecular flexibility index (Phi) is 15.2. The number of likely N-dealkylation sites (N-methyl/N-ethyl adjacent to an activating group) is 1. The molecule has 4 atom stereocenters. The normalized spacial score (nSPS) is 18.1. The van der Waals surface area contributed by atoms with Crippen LogP contribution in [0.2, 0.25) is 0 Å². The number of amides is 3. The highest BCUT2D eigenvalue weighted by Crippen LogP contribution is 2.35. The molecule has 68 heavy (non-hydrogen) atoms. The number of rotatable bonds is 19. The second-order valence-electron chi connectivity index (χ2n) is 18.3. The van der Waals surface area contributed by atoms with E-state index in [2.05, 4.69) is 61.2 Å². The summed E-state index contributed by atoms with van der Waals surface area (Å²) >= 11 is 0. The minimum absolute atomic E-state index is 0.00723. The van der Waals surface area contributed by atoms with Crippen LogP contribution in [0.4, 0.5) is 0 Å². The zero-order valence-corrected chi connectivity index (χ0v) is 39.1. The third-order valence-corrected chi connectivity index (χ3v) is 13.9. The van der Waals surface area contributed by atoms with Crippen LogP contribution in [0.3, 0.4) is 0 Å². The number of fused-ring (bicyclic) bond motifs is 5. The van der Waals surface area contributed by atoms with Crippen LogP contribution in [0.25, 0.3) is 32.9 Å². The van der Waals surface area contributed by atoms with E-state index in [-0.39, 0.29) is 36.2 Å². The van der Waals surface area contributed by atoms with Gasteiger partial charge in [0.2, 0.25) is 23.6 Å². The molecule has 4 N–H and O–H groups in total. The first-order valence-corrected chi connectivity index (χ1v) is 24.3. The van der Waals surface area contributed by atoms with Crippen molar-refractivity contribution in [2.45, 2.75) is 95.4 Å². The molecule has 2 aliphatic carbocycles. The average molecular weight is 922 g/mol. The molecule has 0 bridgehead atoms. The summed E-state index contributed by atoms with van der Waals surface area (Å²) in [6.45, 7) is 4.26. The minimum atomic E-state index is -0.733. The Morgan fingerprint density at radius 2 is 1.56 bits per heavy atom. The van der Waals surface area contributed by atoms with Gasteiger partial charge in [0, 0.05) is 65.0 Å². The maximum atomic E-state index is 14.9. The SMILES string of the molecule is CN[C@@H](C)C(=O)N[C@H](C(=O)N1Cc2cc(OCCOCCOCCOc3ccc(-c4ccc5c(c4)[nH]c4ccncc45)cn3)ccc2C[C@H]1C(=O)N[C@H]1CCCc2ccccc21)C1CCCCC1. The lowest BCUT2D eigenvalue weighted by Crippen LogP contribution is -2.60. The number of aromatic amines is 1. The van der Waals surface area contributed by atoms with E-state index in [1.54, 1.807) is 25.1 Å². The van der Waals surface area contributed by atoms with E-state index in [9.17, 15) is 14.4 Å². The fourth-order valence-corrected chi connectivity index (χ4v) is 10.0. The molecule has 9 rings (SSSR count). The maximum absolute atomic E-state index is 14.9. The number of aryl methyl sites for hydroxylation is 1. The van der Waals surface area contributed by atoms with E-state index < -0.39 is 18.1 Å². The number of hydrogen-bond acceptors (Lipinski definition) is 10. The van der Waals surface area contributed by atoms with E-state index in [4.69, 9.17) is 18.9 Å².